The Hall–Kier alpha value is -3.65. The number of carbonyl (C=O) groups excluding carboxylic acids is 2. The molecule has 33 heavy (non-hydrogen) atoms. The number of rotatable bonds is 9. The number of hydrogen-bond donors (Lipinski definition) is 3. The van der Waals surface area contributed by atoms with Crippen LogP contribution in [-0.4, -0.2) is 20.2 Å². The summed E-state index contributed by atoms with van der Waals surface area (Å²) < 4.78 is 27.5. The molecule has 0 saturated carbocycles. The lowest BCUT2D eigenvalue weighted by Gasteiger charge is -2.10. The Kier molecular flexibility index (Phi) is 7.84. The van der Waals surface area contributed by atoms with Crippen molar-refractivity contribution in [2.24, 2.45) is 5.92 Å². The first-order valence-electron chi connectivity index (χ1n) is 10.6. The zero-order valence-electron chi connectivity index (χ0n) is 18.5. The van der Waals surface area contributed by atoms with Gasteiger partial charge in [-0.2, -0.15) is 0 Å². The van der Waals surface area contributed by atoms with Crippen molar-refractivity contribution in [3.8, 4) is 0 Å². The summed E-state index contributed by atoms with van der Waals surface area (Å²) in [5, 5.41) is 5.67. The molecule has 0 unspecified atom stereocenters. The Labute approximate surface area is 194 Å². The number of anilines is 2. The Morgan fingerprint density at radius 1 is 0.848 bits per heavy atom. The highest BCUT2D eigenvalue weighted by atomic mass is 32.2. The highest BCUT2D eigenvalue weighted by Gasteiger charge is 2.15. The number of amides is 2. The summed E-state index contributed by atoms with van der Waals surface area (Å²) in [6, 6.07) is 21.6. The molecule has 0 aliphatic rings. The van der Waals surface area contributed by atoms with Crippen molar-refractivity contribution in [1.29, 1.82) is 0 Å². The van der Waals surface area contributed by atoms with Crippen molar-refractivity contribution in [2.75, 3.05) is 10.0 Å². The van der Waals surface area contributed by atoms with Crippen LogP contribution in [-0.2, 0) is 21.4 Å². The maximum absolute atomic E-state index is 12.5. The fourth-order valence-electron chi connectivity index (χ4n) is 3.13. The van der Waals surface area contributed by atoms with Crippen molar-refractivity contribution < 1.29 is 18.0 Å². The topological polar surface area (TPSA) is 104 Å². The number of carbonyl (C=O) groups is 2. The number of para-hydroxylation sites is 1. The van der Waals surface area contributed by atoms with Gasteiger partial charge in [0, 0.05) is 29.9 Å². The van der Waals surface area contributed by atoms with Gasteiger partial charge in [0.1, 0.15) is 0 Å². The predicted molar refractivity (Wildman–Crippen MR) is 129 cm³/mol. The van der Waals surface area contributed by atoms with E-state index < -0.39 is 10.0 Å². The van der Waals surface area contributed by atoms with E-state index in [9.17, 15) is 18.0 Å². The molecule has 0 heterocycles. The molecule has 3 aromatic carbocycles. The summed E-state index contributed by atoms with van der Waals surface area (Å²) in [6.45, 7) is 4.23. The van der Waals surface area contributed by atoms with E-state index in [4.69, 9.17) is 0 Å². The Morgan fingerprint density at radius 3 is 2.18 bits per heavy atom. The third-order valence-electron chi connectivity index (χ3n) is 4.71. The highest BCUT2D eigenvalue weighted by Crippen LogP contribution is 2.17. The molecule has 0 saturated heterocycles. The molecule has 0 fully saturated rings. The maximum Gasteiger partial charge on any atom is 0.261 e. The van der Waals surface area contributed by atoms with Gasteiger partial charge in [-0.3, -0.25) is 14.3 Å². The van der Waals surface area contributed by atoms with Crippen LogP contribution >= 0.6 is 0 Å². The van der Waals surface area contributed by atoms with Crippen molar-refractivity contribution in [1.82, 2.24) is 5.32 Å². The van der Waals surface area contributed by atoms with Gasteiger partial charge in [0.2, 0.25) is 5.91 Å². The zero-order valence-corrected chi connectivity index (χ0v) is 19.4. The molecule has 172 valence electrons. The summed E-state index contributed by atoms with van der Waals surface area (Å²) in [6.07, 6.45) is 0.438. The highest BCUT2D eigenvalue weighted by molar-refractivity contribution is 7.92. The van der Waals surface area contributed by atoms with Crippen LogP contribution in [0.5, 0.6) is 0 Å². The van der Waals surface area contributed by atoms with Crippen LogP contribution in [0.15, 0.2) is 83.8 Å². The lowest BCUT2D eigenvalue weighted by Crippen LogP contribution is -2.23. The van der Waals surface area contributed by atoms with Gasteiger partial charge < -0.3 is 10.6 Å². The standard InChI is InChI=1S/C25H27N3O4S/c1-18(2)15-24(29)27-22-10-6-7-19(16-22)17-26-25(30)20-11-13-23(14-12-20)33(31,32)28-21-8-4-3-5-9-21/h3-14,16,18,28H,15,17H2,1-2H3,(H,26,30)(H,27,29). The Bertz CT molecular complexity index is 1210. The normalized spacial score (nSPS) is 11.1. The van der Waals surface area contributed by atoms with E-state index in [1.54, 1.807) is 36.4 Å². The minimum Gasteiger partial charge on any atom is -0.348 e. The SMILES string of the molecule is CC(C)CC(=O)Nc1cccc(CNC(=O)c2ccc(S(=O)(=O)Nc3ccccc3)cc2)c1. The van der Waals surface area contributed by atoms with Crippen LogP contribution in [0.2, 0.25) is 0 Å². The molecule has 0 atom stereocenters. The van der Waals surface area contributed by atoms with Crippen molar-refractivity contribution in [2.45, 2.75) is 31.7 Å². The van der Waals surface area contributed by atoms with E-state index in [2.05, 4.69) is 15.4 Å². The van der Waals surface area contributed by atoms with Gasteiger partial charge in [0.25, 0.3) is 15.9 Å². The summed E-state index contributed by atoms with van der Waals surface area (Å²) in [7, 11) is -3.75. The molecule has 7 nitrogen and oxygen atoms in total. The van der Waals surface area contributed by atoms with Gasteiger partial charge in [0.05, 0.1) is 4.90 Å². The predicted octanol–water partition coefficient (Wildman–Crippen LogP) is 4.40. The van der Waals surface area contributed by atoms with Gasteiger partial charge in [0.15, 0.2) is 0 Å². The number of nitrogens with one attached hydrogen (secondary N) is 3. The Morgan fingerprint density at radius 2 is 1.52 bits per heavy atom. The monoisotopic (exact) mass is 465 g/mol. The first-order chi connectivity index (χ1) is 15.7. The third-order valence-corrected chi connectivity index (χ3v) is 6.11. The van der Waals surface area contributed by atoms with Crippen LogP contribution in [0.3, 0.4) is 0 Å². The van der Waals surface area contributed by atoms with E-state index in [0.717, 1.165) is 5.56 Å². The minimum absolute atomic E-state index is 0.0528. The van der Waals surface area contributed by atoms with Gasteiger partial charge in [-0.15, -0.1) is 0 Å². The van der Waals surface area contributed by atoms with Crippen LogP contribution in [0.25, 0.3) is 0 Å². The number of sulfonamides is 1. The van der Waals surface area contributed by atoms with Crippen LogP contribution in [0.4, 0.5) is 11.4 Å². The fourth-order valence-corrected chi connectivity index (χ4v) is 4.19. The van der Waals surface area contributed by atoms with Crippen molar-refractivity contribution in [3.05, 3.63) is 90.0 Å². The van der Waals surface area contributed by atoms with E-state index in [-0.39, 0.29) is 29.2 Å². The molecule has 3 N–H and O–H groups in total. The lowest BCUT2D eigenvalue weighted by atomic mass is 10.1. The fraction of sp³-hybridized carbons (Fsp3) is 0.200. The van der Waals surface area contributed by atoms with Crippen molar-refractivity contribution >= 4 is 33.2 Å². The maximum atomic E-state index is 12.5. The molecule has 0 aliphatic carbocycles. The second-order valence-electron chi connectivity index (χ2n) is 8.03. The molecule has 8 heteroatoms. The molecule has 0 aromatic heterocycles. The summed E-state index contributed by atoms with van der Waals surface area (Å²) in [4.78, 5) is 24.5. The zero-order chi connectivity index (χ0) is 23.8. The van der Waals surface area contributed by atoms with Crippen LogP contribution in [0, 0.1) is 5.92 Å². The summed E-state index contributed by atoms with van der Waals surface area (Å²) in [5.74, 6) is -0.116. The largest absolute Gasteiger partial charge is 0.348 e. The summed E-state index contributed by atoms with van der Waals surface area (Å²) >= 11 is 0. The van der Waals surface area contributed by atoms with Gasteiger partial charge in [-0.1, -0.05) is 44.2 Å². The molecule has 0 aliphatic heterocycles. The molecule has 3 rings (SSSR count). The van der Waals surface area contributed by atoms with Gasteiger partial charge >= 0.3 is 0 Å². The second kappa shape index (κ2) is 10.8. The molecular weight excluding hydrogens is 438 g/mol. The lowest BCUT2D eigenvalue weighted by molar-refractivity contribution is -0.116. The van der Waals surface area contributed by atoms with Gasteiger partial charge in [-0.05, 0) is 60.0 Å². The molecule has 0 spiro atoms. The first-order valence-corrected chi connectivity index (χ1v) is 12.1. The van der Waals surface area contributed by atoms with E-state index in [0.29, 0.717) is 23.4 Å². The molecule has 0 radical (unpaired) electrons. The molecule has 0 bridgehead atoms. The quantitative estimate of drug-likeness (QED) is 0.436. The minimum atomic E-state index is -3.75. The number of hydrogen-bond acceptors (Lipinski definition) is 4. The smallest absolute Gasteiger partial charge is 0.261 e. The summed E-state index contributed by atoms with van der Waals surface area (Å²) in [5.41, 5.74) is 2.31. The Balaban J connectivity index is 1.59. The van der Waals surface area contributed by atoms with Crippen molar-refractivity contribution in [3.63, 3.8) is 0 Å². The third kappa shape index (κ3) is 7.18. The van der Waals surface area contributed by atoms with Gasteiger partial charge in [-0.25, -0.2) is 8.42 Å². The van der Waals surface area contributed by atoms with E-state index in [1.807, 2.05) is 32.0 Å². The van der Waals surface area contributed by atoms with Crippen LogP contribution < -0.4 is 15.4 Å². The average molecular weight is 466 g/mol. The molecule has 2 amide bonds. The average Bonchev–Trinajstić information content (AvgIpc) is 2.77. The molecule has 3 aromatic rings. The van der Waals surface area contributed by atoms with E-state index in [1.165, 1.54) is 24.3 Å². The first kappa shape index (κ1) is 24.0. The second-order valence-corrected chi connectivity index (χ2v) is 9.71. The van der Waals surface area contributed by atoms with E-state index >= 15 is 0 Å². The number of benzene rings is 3. The molecular formula is C25H27N3O4S. The van der Waals surface area contributed by atoms with Crippen LogP contribution in [0.1, 0.15) is 36.2 Å².